The summed E-state index contributed by atoms with van der Waals surface area (Å²) in [4.78, 5) is 31.7. The van der Waals surface area contributed by atoms with Gasteiger partial charge in [0.2, 0.25) is 5.91 Å². The van der Waals surface area contributed by atoms with Gasteiger partial charge in [0.05, 0.1) is 4.92 Å². The number of carbonyl (C=O) groups is 1. The van der Waals surface area contributed by atoms with Crippen LogP contribution in [0.1, 0.15) is 36.0 Å². The molecule has 1 aromatic heterocycles. The smallest absolute Gasteiger partial charge is 0.270 e. The number of nitro groups is 1. The third-order valence-corrected chi connectivity index (χ3v) is 6.31. The van der Waals surface area contributed by atoms with E-state index >= 15 is 0 Å². The minimum atomic E-state index is -0.379. The van der Waals surface area contributed by atoms with E-state index in [0.29, 0.717) is 6.42 Å². The van der Waals surface area contributed by atoms with Gasteiger partial charge in [-0.15, -0.1) is 0 Å². The number of amides is 1. The number of nitrogens with zero attached hydrogens (tertiary/aromatic N) is 3. The van der Waals surface area contributed by atoms with E-state index < -0.39 is 0 Å². The Kier molecular flexibility index (Phi) is 6.04. The molecular weight excluding hydrogens is 392 g/mol. The number of nitro benzene ring substituents is 1. The second-order valence-corrected chi connectivity index (χ2v) is 8.21. The first kappa shape index (κ1) is 21.1. The van der Waals surface area contributed by atoms with Crippen molar-refractivity contribution in [1.29, 1.82) is 0 Å². The standard InChI is InChI=1S/C24H28N4O3/c1-3-26-10-12-27(13-11-26)24(29)15-20(18-6-4-17(2)5-7-18)22-16-25-23-9-8-19(28(30)31)14-21(22)23/h4-9,14,16,20,25H,3,10-13,15H2,1-2H3/t20-/m0/s1. The maximum absolute atomic E-state index is 13.2. The van der Waals surface area contributed by atoms with Crippen LogP contribution in [0.2, 0.25) is 0 Å². The molecule has 1 fully saturated rings. The Balaban J connectivity index is 1.68. The van der Waals surface area contributed by atoms with Gasteiger partial charge in [-0.1, -0.05) is 36.8 Å². The molecule has 31 heavy (non-hydrogen) atoms. The molecule has 7 nitrogen and oxygen atoms in total. The third kappa shape index (κ3) is 4.46. The fourth-order valence-corrected chi connectivity index (χ4v) is 4.36. The molecule has 3 aromatic rings. The molecule has 2 aromatic carbocycles. The van der Waals surface area contributed by atoms with Gasteiger partial charge >= 0.3 is 0 Å². The van der Waals surface area contributed by atoms with E-state index in [1.807, 2.05) is 30.2 Å². The van der Waals surface area contributed by atoms with E-state index in [9.17, 15) is 14.9 Å². The number of H-pyrrole nitrogens is 1. The summed E-state index contributed by atoms with van der Waals surface area (Å²) < 4.78 is 0. The molecule has 1 N–H and O–H groups in total. The Morgan fingerprint density at radius 3 is 2.48 bits per heavy atom. The highest BCUT2D eigenvalue weighted by Gasteiger charge is 2.27. The zero-order valence-electron chi connectivity index (χ0n) is 18.0. The molecule has 1 aliphatic heterocycles. The monoisotopic (exact) mass is 420 g/mol. The third-order valence-electron chi connectivity index (χ3n) is 6.31. The topological polar surface area (TPSA) is 82.5 Å². The number of aryl methyl sites for hydroxylation is 1. The summed E-state index contributed by atoms with van der Waals surface area (Å²) in [6.07, 6.45) is 2.23. The lowest BCUT2D eigenvalue weighted by molar-refractivity contribution is -0.384. The summed E-state index contributed by atoms with van der Waals surface area (Å²) in [5.74, 6) is -0.0471. The SMILES string of the molecule is CCN1CCN(C(=O)C[C@@H](c2ccc(C)cc2)c2c[nH]c3ccc([N+](=O)[O-])cc23)CC1. The molecular formula is C24H28N4O3. The van der Waals surface area contributed by atoms with Crippen molar-refractivity contribution in [1.82, 2.24) is 14.8 Å². The van der Waals surface area contributed by atoms with Crippen LogP contribution in [0.4, 0.5) is 5.69 Å². The van der Waals surface area contributed by atoms with Gasteiger partial charge in [-0.05, 0) is 30.7 Å². The van der Waals surface area contributed by atoms with Gasteiger partial charge in [0.15, 0.2) is 0 Å². The van der Waals surface area contributed by atoms with Crippen molar-refractivity contribution in [2.75, 3.05) is 32.7 Å². The number of non-ortho nitro benzene ring substituents is 1. The lowest BCUT2D eigenvalue weighted by atomic mass is 9.87. The summed E-state index contributed by atoms with van der Waals surface area (Å²) in [6.45, 7) is 8.46. The highest BCUT2D eigenvalue weighted by Crippen LogP contribution is 2.35. The van der Waals surface area contributed by atoms with Gasteiger partial charge < -0.3 is 14.8 Å². The quantitative estimate of drug-likeness (QED) is 0.481. The van der Waals surface area contributed by atoms with E-state index in [2.05, 4.69) is 28.9 Å². The summed E-state index contributed by atoms with van der Waals surface area (Å²) >= 11 is 0. The number of hydrogen-bond donors (Lipinski definition) is 1. The maximum atomic E-state index is 13.2. The summed E-state index contributed by atoms with van der Waals surface area (Å²) in [5.41, 5.74) is 4.00. The van der Waals surface area contributed by atoms with Crippen molar-refractivity contribution in [3.8, 4) is 0 Å². The second kappa shape index (κ2) is 8.89. The molecule has 1 atom stereocenters. The van der Waals surface area contributed by atoms with Crippen molar-refractivity contribution >= 4 is 22.5 Å². The van der Waals surface area contributed by atoms with Gasteiger partial charge in [0.25, 0.3) is 5.69 Å². The van der Waals surface area contributed by atoms with Crippen LogP contribution in [-0.2, 0) is 4.79 Å². The Hall–Kier alpha value is -3.19. The number of carbonyl (C=O) groups excluding carboxylic acids is 1. The van der Waals surface area contributed by atoms with E-state index in [1.54, 1.807) is 12.1 Å². The molecule has 162 valence electrons. The minimum absolute atomic E-state index is 0.0537. The zero-order valence-corrected chi connectivity index (χ0v) is 18.0. The minimum Gasteiger partial charge on any atom is -0.361 e. The van der Waals surface area contributed by atoms with Crippen molar-refractivity contribution < 1.29 is 9.72 Å². The lowest BCUT2D eigenvalue weighted by Gasteiger charge is -2.34. The summed E-state index contributed by atoms with van der Waals surface area (Å²) in [7, 11) is 0. The molecule has 7 heteroatoms. The van der Waals surface area contributed by atoms with Crippen LogP contribution in [0.25, 0.3) is 10.9 Å². The fourth-order valence-electron chi connectivity index (χ4n) is 4.36. The first-order valence-corrected chi connectivity index (χ1v) is 10.8. The van der Waals surface area contributed by atoms with Crippen LogP contribution < -0.4 is 0 Å². The van der Waals surface area contributed by atoms with Crippen LogP contribution in [0.5, 0.6) is 0 Å². The number of aromatic amines is 1. The normalized spacial score (nSPS) is 15.9. The van der Waals surface area contributed by atoms with Crippen LogP contribution in [0.3, 0.4) is 0 Å². The molecule has 0 saturated carbocycles. The second-order valence-electron chi connectivity index (χ2n) is 8.21. The first-order chi connectivity index (χ1) is 15.0. The van der Waals surface area contributed by atoms with Crippen molar-refractivity contribution in [3.63, 3.8) is 0 Å². The van der Waals surface area contributed by atoms with Gasteiger partial charge in [0, 0.05) is 67.8 Å². The van der Waals surface area contributed by atoms with E-state index in [1.165, 1.54) is 6.07 Å². The molecule has 0 unspecified atom stereocenters. The predicted molar refractivity (Wildman–Crippen MR) is 121 cm³/mol. The fraction of sp³-hybridized carbons (Fsp3) is 0.375. The van der Waals surface area contributed by atoms with Crippen LogP contribution >= 0.6 is 0 Å². The molecule has 1 amide bonds. The van der Waals surface area contributed by atoms with Crippen LogP contribution in [0, 0.1) is 17.0 Å². The molecule has 0 bridgehead atoms. The van der Waals surface area contributed by atoms with Crippen molar-refractivity contribution in [2.45, 2.75) is 26.2 Å². The molecule has 1 aliphatic rings. The number of nitrogens with one attached hydrogen (secondary N) is 1. The lowest BCUT2D eigenvalue weighted by Crippen LogP contribution is -2.48. The van der Waals surface area contributed by atoms with E-state index in [4.69, 9.17) is 0 Å². The predicted octanol–water partition coefficient (Wildman–Crippen LogP) is 4.07. The molecule has 0 radical (unpaired) electrons. The highest BCUT2D eigenvalue weighted by atomic mass is 16.6. The number of rotatable bonds is 6. The van der Waals surface area contributed by atoms with Gasteiger partial charge in [0.1, 0.15) is 0 Å². The molecule has 1 saturated heterocycles. The Labute approximate surface area is 181 Å². The number of benzene rings is 2. The summed E-state index contributed by atoms with van der Waals surface area (Å²) in [6, 6.07) is 13.0. The largest absolute Gasteiger partial charge is 0.361 e. The average molecular weight is 421 g/mol. The van der Waals surface area contributed by atoms with Gasteiger partial charge in [-0.25, -0.2) is 0 Å². The maximum Gasteiger partial charge on any atom is 0.270 e. The Bertz CT molecular complexity index is 1080. The van der Waals surface area contributed by atoms with Crippen LogP contribution in [-0.4, -0.2) is 58.3 Å². The number of hydrogen-bond acceptors (Lipinski definition) is 4. The Morgan fingerprint density at radius 2 is 1.84 bits per heavy atom. The number of likely N-dealkylation sites (N-methyl/N-ethyl adjacent to an activating group) is 1. The van der Waals surface area contributed by atoms with Gasteiger partial charge in [-0.2, -0.15) is 0 Å². The van der Waals surface area contributed by atoms with Crippen molar-refractivity contribution in [3.05, 3.63) is 75.5 Å². The summed E-state index contributed by atoms with van der Waals surface area (Å²) in [5, 5.41) is 12.1. The molecule has 4 rings (SSSR count). The van der Waals surface area contributed by atoms with Crippen LogP contribution in [0.15, 0.2) is 48.7 Å². The van der Waals surface area contributed by atoms with Gasteiger partial charge in [-0.3, -0.25) is 14.9 Å². The first-order valence-electron chi connectivity index (χ1n) is 10.8. The highest BCUT2D eigenvalue weighted by molar-refractivity contribution is 5.87. The van der Waals surface area contributed by atoms with Crippen molar-refractivity contribution in [2.24, 2.45) is 0 Å². The number of piperazine rings is 1. The molecule has 0 aliphatic carbocycles. The molecule has 0 spiro atoms. The van der Waals surface area contributed by atoms with E-state index in [0.717, 1.165) is 60.3 Å². The average Bonchev–Trinajstić information content (AvgIpc) is 3.21. The van der Waals surface area contributed by atoms with E-state index in [-0.39, 0.29) is 22.4 Å². The Morgan fingerprint density at radius 1 is 1.13 bits per heavy atom. The number of fused-ring (bicyclic) bond motifs is 1. The molecule has 2 heterocycles. The zero-order chi connectivity index (χ0) is 22.0. The number of aromatic nitrogens is 1.